The highest BCUT2D eigenvalue weighted by Crippen LogP contribution is 2.68. The number of hydrogen-bond acceptors (Lipinski definition) is 1. The fourth-order valence-corrected chi connectivity index (χ4v) is 9.46. The zero-order valence-corrected chi connectivity index (χ0v) is 21.7. The van der Waals surface area contributed by atoms with E-state index in [1.807, 2.05) is 7.11 Å². The Hall–Kier alpha value is -0.250. The quantitative estimate of drug-likeness (QED) is 0.384. The molecule has 0 aromatic carbocycles. The molecular weight excluding hydrogens is 409 g/mol. The Morgan fingerprint density at radius 3 is 2.16 bits per heavy atom. The van der Waals surface area contributed by atoms with Gasteiger partial charge >= 0.3 is 0 Å². The first kappa shape index (κ1) is 28.0. The van der Waals surface area contributed by atoms with Gasteiger partial charge < -0.3 is 4.74 Å². The van der Waals surface area contributed by atoms with Crippen molar-refractivity contribution in [2.75, 3.05) is 7.11 Å². The Kier molecular flexibility index (Phi) is 10.0. The zero-order valence-electron chi connectivity index (χ0n) is 21.7. The Morgan fingerprint density at radius 2 is 1.50 bits per heavy atom. The van der Waals surface area contributed by atoms with E-state index in [1.165, 1.54) is 77.0 Å². The van der Waals surface area contributed by atoms with Crippen molar-refractivity contribution in [3.8, 4) is 0 Å². The number of hydrogen-bond donors (Lipinski definition) is 0. The SMILES string of the molecule is COC1CCC2(C)C3CCC4(C)C(CCC4[C@H](C)CCCC(C)C)C3CC[C@H]2C1.F.FF. The van der Waals surface area contributed by atoms with Crippen LogP contribution in [0.2, 0.25) is 0 Å². The monoisotopic (exact) mass is 460 g/mol. The van der Waals surface area contributed by atoms with Gasteiger partial charge in [-0.2, -0.15) is 0 Å². The molecule has 0 spiro atoms. The zero-order chi connectivity index (χ0) is 22.8. The van der Waals surface area contributed by atoms with Gasteiger partial charge in [-0.1, -0.05) is 53.9 Å². The van der Waals surface area contributed by atoms with Crippen LogP contribution < -0.4 is 0 Å². The molecule has 0 aromatic rings. The predicted molar refractivity (Wildman–Crippen MR) is 129 cm³/mol. The Bertz CT molecular complexity index is 569. The van der Waals surface area contributed by atoms with Crippen LogP contribution in [0.5, 0.6) is 0 Å². The lowest BCUT2D eigenvalue weighted by Crippen LogP contribution is -2.54. The molecular formula is C28H51F3O. The van der Waals surface area contributed by atoms with Crippen LogP contribution in [0.1, 0.15) is 112 Å². The predicted octanol–water partition coefficient (Wildman–Crippen LogP) is 9.12. The molecule has 4 aliphatic carbocycles. The van der Waals surface area contributed by atoms with Gasteiger partial charge in [-0.3, -0.25) is 4.70 Å². The van der Waals surface area contributed by atoms with Gasteiger partial charge in [0.15, 0.2) is 0 Å². The minimum atomic E-state index is 0. The van der Waals surface area contributed by atoms with E-state index in [1.54, 1.807) is 0 Å². The standard InChI is InChI=1S/C28H50O.F2.FH/c1-19(2)8-7-9-20(3)24-12-13-25-23-11-10-21-18-22(29-6)14-16-27(21,4)26(23)15-17-28(24,25)5;1-2;/h19-26H,7-18H2,1-6H3;;1H/t20-,21+,22?,23?,24?,25?,26?,27?,28?;;/m1../s1. The summed E-state index contributed by atoms with van der Waals surface area (Å²) < 4.78 is 21.8. The van der Waals surface area contributed by atoms with Gasteiger partial charge in [0.2, 0.25) is 0 Å². The van der Waals surface area contributed by atoms with Crippen molar-refractivity contribution < 1.29 is 18.6 Å². The largest absolute Gasteiger partial charge is 0.381 e. The average molecular weight is 461 g/mol. The van der Waals surface area contributed by atoms with Crippen molar-refractivity contribution in [3.63, 3.8) is 0 Å². The van der Waals surface area contributed by atoms with Crippen molar-refractivity contribution in [1.29, 1.82) is 0 Å². The Balaban J connectivity index is 0.00000118. The van der Waals surface area contributed by atoms with Crippen molar-refractivity contribution >= 4 is 0 Å². The molecule has 0 aromatic heterocycles. The molecule has 0 N–H and O–H groups in total. The van der Waals surface area contributed by atoms with Crippen LogP contribution in [-0.4, -0.2) is 13.2 Å². The number of fused-ring (bicyclic) bond motifs is 5. The van der Waals surface area contributed by atoms with E-state index in [0.29, 0.717) is 16.9 Å². The number of halogens is 3. The van der Waals surface area contributed by atoms with Crippen molar-refractivity contribution in [2.45, 2.75) is 118 Å². The third-order valence-corrected chi connectivity index (χ3v) is 11.2. The summed E-state index contributed by atoms with van der Waals surface area (Å²) >= 11 is 0. The second-order valence-corrected chi connectivity index (χ2v) is 12.8. The molecule has 0 aliphatic heterocycles. The van der Waals surface area contributed by atoms with Crippen LogP contribution in [0.15, 0.2) is 0 Å². The summed E-state index contributed by atoms with van der Waals surface area (Å²) in [5, 5.41) is 0. The minimum absolute atomic E-state index is 0. The number of ether oxygens (including phenoxy) is 1. The van der Waals surface area contributed by atoms with E-state index >= 15 is 0 Å². The molecule has 1 nitrogen and oxygen atoms in total. The summed E-state index contributed by atoms with van der Waals surface area (Å²) in [5.74, 6) is 6.79. The first-order chi connectivity index (χ1) is 14.8. The maximum Gasteiger partial charge on any atom is 0.0574 e. The highest BCUT2D eigenvalue weighted by molar-refractivity contribution is 5.09. The molecule has 4 rings (SSSR count). The molecule has 0 bridgehead atoms. The van der Waals surface area contributed by atoms with Gasteiger partial charge in [0.1, 0.15) is 0 Å². The fraction of sp³-hybridized carbons (Fsp3) is 1.00. The molecule has 4 fully saturated rings. The van der Waals surface area contributed by atoms with E-state index in [2.05, 4.69) is 34.6 Å². The summed E-state index contributed by atoms with van der Waals surface area (Å²) in [6.07, 6.45) is 18.1. The minimum Gasteiger partial charge on any atom is -0.381 e. The second kappa shape index (κ2) is 11.5. The molecule has 9 atom stereocenters. The molecule has 4 aliphatic rings. The topological polar surface area (TPSA) is 9.23 Å². The van der Waals surface area contributed by atoms with Crippen LogP contribution >= 0.6 is 0 Å². The molecule has 7 unspecified atom stereocenters. The van der Waals surface area contributed by atoms with Gasteiger partial charge in [0, 0.05) is 16.3 Å². The third-order valence-electron chi connectivity index (χ3n) is 11.2. The van der Waals surface area contributed by atoms with E-state index in [4.69, 9.17) is 13.9 Å². The summed E-state index contributed by atoms with van der Waals surface area (Å²) in [4.78, 5) is 0. The summed E-state index contributed by atoms with van der Waals surface area (Å²) in [6, 6.07) is 0. The lowest BCUT2D eigenvalue weighted by molar-refractivity contribution is -0.133. The Morgan fingerprint density at radius 1 is 0.844 bits per heavy atom. The summed E-state index contributed by atoms with van der Waals surface area (Å²) in [5.41, 5.74) is 1.26. The van der Waals surface area contributed by atoms with E-state index in [9.17, 15) is 0 Å². The van der Waals surface area contributed by atoms with Gasteiger partial charge in [-0.05, 0) is 110 Å². The third kappa shape index (κ3) is 5.05. The van der Waals surface area contributed by atoms with Gasteiger partial charge in [0.05, 0.1) is 6.10 Å². The van der Waals surface area contributed by atoms with Crippen molar-refractivity contribution in [1.82, 2.24) is 0 Å². The fourth-order valence-electron chi connectivity index (χ4n) is 9.46. The first-order valence-corrected chi connectivity index (χ1v) is 13.5. The van der Waals surface area contributed by atoms with Crippen LogP contribution in [0.25, 0.3) is 0 Å². The van der Waals surface area contributed by atoms with Gasteiger partial charge in [-0.25, -0.2) is 0 Å². The normalized spacial score (nSPS) is 43.8. The molecule has 32 heavy (non-hydrogen) atoms. The van der Waals surface area contributed by atoms with E-state index in [-0.39, 0.29) is 4.70 Å². The lowest BCUT2D eigenvalue weighted by atomic mass is 9.44. The molecule has 0 heterocycles. The average Bonchev–Trinajstić information content (AvgIpc) is 3.11. The van der Waals surface area contributed by atoms with Crippen molar-refractivity contribution in [3.05, 3.63) is 0 Å². The van der Waals surface area contributed by atoms with Crippen LogP contribution in [-0.2, 0) is 4.74 Å². The molecule has 190 valence electrons. The molecule has 0 radical (unpaired) electrons. The van der Waals surface area contributed by atoms with Crippen LogP contribution in [0, 0.1) is 52.3 Å². The van der Waals surface area contributed by atoms with Gasteiger partial charge in [0.25, 0.3) is 0 Å². The maximum atomic E-state index is 8.00. The highest BCUT2D eigenvalue weighted by atomic mass is 20.0. The van der Waals surface area contributed by atoms with E-state index < -0.39 is 0 Å². The number of methoxy groups -OCH3 is 1. The number of rotatable bonds is 6. The Labute approximate surface area is 196 Å². The second-order valence-electron chi connectivity index (χ2n) is 12.8. The first-order valence-electron chi connectivity index (χ1n) is 13.5. The molecule has 0 amide bonds. The summed E-state index contributed by atoms with van der Waals surface area (Å²) in [6.45, 7) is 12.8. The maximum absolute atomic E-state index is 8.00. The van der Waals surface area contributed by atoms with Crippen LogP contribution in [0.3, 0.4) is 0 Å². The molecule has 4 heteroatoms. The lowest BCUT2D eigenvalue weighted by Gasteiger charge is -2.61. The highest BCUT2D eigenvalue weighted by Gasteiger charge is 2.60. The molecule has 0 saturated heterocycles. The van der Waals surface area contributed by atoms with E-state index in [0.717, 1.165) is 41.4 Å². The molecule has 4 saturated carbocycles. The van der Waals surface area contributed by atoms with Crippen molar-refractivity contribution in [2.24, 2.45) is 52.3 Å². The van der Waals surface area contributed by atoms with Crippen LogP contribution in [0.4, 0.5) is 13.9 Å². The summed E-state index contributed by atoms with van der Waals surface area (Å²) in [7, 11) is 1.94. The van der Waals surface area contributed by atoms with Gasteiger partial charge in [-0.15, -0.1) is 0 Å². The smallest absolute Gasteiger partial charge is 0.0574 e.